The summed E-state index contributed by atoms with van der Waals surface area (Å²) in [7, 11) is 0. The van der Waals surface area contributed by atoms with E-state index in [4.69, 9.17) is 19.4 Å². The van der Waals surface area contributed by atoms with Crippen molar-refractivity contribution in [3.63, 3.8) is 0 Å². The van der Waals surface area contributed by atoms with Gasteiger partial charge < -0.3 is 29.2 Å². The zero-order valence-corrected chi connectivity index (χ0v) is 69.3. The molecule has 8 heteroatoms. The summed E-state index contributed by atoms with van der Waals surface area (Å²) in [4.78, 5) is 24.2. The second kappa shape index (κ2) is 32.6. The van der Waals surface area contributed by atoms with E-state index in [1.54, 1.807) is 0 Å². The number of para-hydroxylation sites is 2. The number of nitrogens with one attached hydrogen (secondary N) is 2. The van der Waals surface area contributed by atoms with Crippen molar-refractivity contribution in [3.8, 4) is 39.1 Å². The third-order valence-corrected chi connectivity index (χ3v) is 24.9. The number of anilines is 6. The number of aryl methyl sites for hydroxylation is 4. The molecule has 0 aliphatic carbocycles. The fourth-order valence-corrected chi connectivity index (χ4v) is 19.4. The van der Waals surface area contributed by atoms with E-state index in [0.29, 0.717) is 19.8 Å². The summed E-state index contributed by atoms with van der Waals surface area (Å²) in [5.74, 6) is 0.801. The highest BCUT2D eigenvalue weighted by atomic mass is 16.5. The molecule has 2 aliphatic heterocycles. The summed E-state index contributed by atoms with van der Waals surface area (Å²) in [6.45, 7) is 19.6. The van der Waals surface area contributed by atoms with Crippen LogP contribution in [0.15, 0.2) is 303 Å². The molecule has 119 heavy (non-hydrogen) atoms. The first-order valence-electron chi connectivity index (χ1n) is 42.9. The van der Waals surface area contributed by atoms with Crippen LogP contribution in [0.4, 0.5) is 34.1 Å². The SMILES string of the molecule is CCC1=C(CC)c2cc3[nH]c(c(CC)c3CC)c(-c3ccc(OCc4ccc(N(c5ccccc5)c5cc6ccc(N(c7ccccc7)c7ccc(COCc8ccc(-c9c%10ccccc%10c(-c%10ccccc%10)c%10ccccc9%10)cc8)cc7)c7ccc8cccc5c8c67)cc4)cc3)c3nc(cc4[nH]c(cc1n2)c(CC)c4CC)C(CC)=C3CC. The Morgan fingerprint density at radius 1 is 0.286 bits per heavy atom. The number of fused-ring (bicyclic) bond motifs is 10. The number of benzene rings is 14. The topological polar surface area (TPSA) is 82.3 Å². The summed E-state index contributed by atoms with van der Waals surface area (Å²) in [6.07, 6.45) is 7.13. The number of nitrogens with zero attached hydrogens (tertiary/aromatic N) is 4. The van der Waals surface area contributed by atoms with Crippen molar-refractivity contribution >= 4 is 132 Å². The molecule has 0 atom stereocenters. The van der Waals surface area contributed by atoms with Crippen LogP contribution in [0.2, 0.25) is 0 Å². The molecule has 0 amide bonds. The number of hydrogen-bond acceptors (Lipinski definition) is 6. The normalized spacial score (nSPS) is 12.4. The lowest BCUT2D eigenvalue weighted by molar-refractivity contribution is 0.107. The molecular formula is C111H98N6O2. The van der Waals surface area contributed by atoms with Crippen LogP contribution in [-0.4, -0.2) is 19.9 Å². The van der Waals surface area contributed by atoms with Crippen molar-refractivity contribution in [3.05, 3.63) is 365 Å². The van der Waals surface area contributed by atoms with Crippen LogP contribution in [-0.2, 0) is 50.2 Å². The van der Waals surface area contributed by atoms with Gasteiger partial charge >= 0.3 is 0 Å². The zero-order chi connectivity index (χ0) is 80.8. The molecule has 3 aromatic heterocycles. The fraction of sp³-hybridized carbons (Fsp3) is 0.171. The van der Waals surface area contributed by atoms with Crippen molar-refractivity contribution in [2.24, 2.45) is 0 Å². The minimum atomic E-state index is 0.396. The largest absolute Gasteiger partial charge is 0.489 e. The summed E-state index contributed by atoms with van der Waals surface area (Å²) < 4.78 is 13.3. The Morgan fingerprint density at radius 3 is 1.22 bits per heavy atom. The van der Waals surface area contributed by atoms with Gasteiger partial charge in [0, 0.05) is 55.6 Å². The standard InChI is InChI=1S/C111H98N6O2/c1-9-83-85(11-3)99-65-101-87(13-5)89(15-7)110(114-101)109(111-90(16-8)88(14-6)102(115-111)66-100-86(12-4)84(10-2)98(113-100)64-97(83)112-99)76-51-59-82(60-52-76)119-69-72-47-57-81(58-48-72)117(79-36-24-19-25-37-79)104-63-77-54-62-103(96-61-53-74-33-30-42-95(104)107(74)108(77)96)116(78-34-22-18-23-35-78)80-55-45-71(46-56-80)68-118-67-70-43-49-75(50-44-70)106-93-40-28-26-38-91(93)105(73-31-20-17-21-32-73)92-39-27-29-41-94(92)106/h17-66,112,115H,9-16,67-69H2,1-8H3. The summed E-state index contributed by atoms with van der Waals surface area (Å²) in [5, 5.41) is 12.2. The number of rotatable bonds is 24. The number of allylic oxidation sites excluding steroid dienone is 4. The second-order valence-corrected chi connectivity index (χ2v) is 31.5. The van der Waals surface area contributed by atoms with Crippen molar-refractivity contribution in [2.75, 3.05) is 9.80 Å². The first-order valence-corrected chi connectivity index (χ1v) is 42.9. The Hall–Kier alpha value is -13.4. The maximum Gasteiger partial charge on any atom is 0.119 e. The van der Waals surface area contributed by atoms with Crippen LogP contribution in [0, 0.1) is 0 Å². The van der Waals surface area contributed by atoms with E-state index in [1.807, 2.05) is 0 Å². The van der Waals surface area contributed by atoms with Gasteiger partial charge in [0.2, 0.25) is 0 Å². The average Bonchev–Trinajstić information content (AvgIpc) is 1.56. The summed E-state index contributed by atoms with van der Waals surface area (Å²) >= 11 is 0. The maximum atomic E-state index is 6.80. The lowest BCUT2D eigenvalue weighted by atomic mass is 9.86. The van der Waals surface area contributed by atoms with Gasteiger partial charge in [0.1, 0.15) is 12.4 Å². The Morgan fingerprint density at radius 2 is 0.689 bits per heavy atom. The van der Waals surface area contributed by atoms with Gasteiger partial charge in [-0.15, -0.1) is 0 Å². The van der Waals surface area contributed by atoms with E-state index >= 15 is 0 Å². The summed E-state index contributed by atoms with van der Waals surface area (Å²) in [6, 6.07) is 111. The Labute approximate surface area is 697 Å². The first kappa shape index (κ1) is 75.6. The van der Waals surface area contributed by atoms with Crippen molar-refractivity contribution in [1.29, 1.82) is 0 Å². The van der Waals surface area contributed by atoms with E-state index in [0.717, 1.165) is 164 Å². The molecule has 17 aromatic rings. The predicted octanol–water partition coefficient (Wildman–Crippen LogP) is 30.5. The van der Waals surface area contributed by atoms with Gasteiger partial charge in [0.25, 0.3) is 0 Å². The van der Waals surface area contributed by atoms with Crippen LogP contribution in [0.3, 0.4) is 0 Å². The second-order valence-electron chi connectivity index (χ2n) is 31.5. The monoisotopic (exact) mass is 1550 g/mol. The van der Waals surface area contributed by atoms with Crippen LogP contribution in [0.1, 0.15) is 143 Å². The highest BCUT2D eigenvalue weighted by molar-refractivity contribution is 6.29. The van der Waals surface area contributed by atoms with Gasteiger partial charge in [0.05, 0.1) is 52.9 Å². The highest BCUT2D eigenvalue weighted by Crippen LogP contribution is 2.51. The van der Waals surface area contributed by atoms with E-state index in [1.165, 1.54) is 121 Å². The molecule has 0 spiro atoms. The van der Waals surface area contributed by atoms with Gasteiger partial charge in [-0.2, -0.15) is 0 Å². The maximum absolute atomic E-state index is 6.80. The smallest absolute Gasteiger partial charge is 0.119 e. The molecule has 0 saturated carbocycles. The molecule has 2 aliphatic rings. The lowest BCUT2D eigenvalue weighted by Gasteiger charge is -2.30. The fourth-order valence-electron chi connectivity index (χ4n) is 19.4. The summed E-state index contributed by atoms with van der Waals surface area (Å²) in [5.41, 5.74) is 36.3. The number of aromatic amines is 2. The number of ether oxygens (including phenoxy) is 2. The molecular weight excluding hydrogens is 1450 g/mol. The molecule has 584 valence electrons. The van der Waals surface area contributed by atoms with Crippen LogP contribution >= 0.6 is 0 Å². The van der Waals surface area contributed by atoms with Crippen molar-refractivity contribution < 1.29 is 9.47 Å². The Bertz CT molecular complexity index is 6880. The van der Waals surface area contributed by atoms with Gasteiger partial charge in [-0.05, 0) is 275 Å². The minimum absolute atomic E-state index is 0.396. The van der Waals surface area contributed by atoms with Gasteiger partial charge in [0.15, 0.2) is 0 Å². The van der Waals surface area contributed by atoms with Crippen LogP contribution < -0.4 is 14.5 Å². The molecule has 0 saturated heterocycles. The molecule has 8 nitrogen and oxygen atoms in total. The predicted molar refractivity (Wildman–Crippen MR) is 503 cm³/mol. The van der Waals surface area contributed by atoms with E-state index in [-0.39, 0.29) is 0 Å². The first-order chi connectivity index (χ1) is 58.7. The van der Waals surface area contributed by atoms with E-state index < -0.39 is 0 Å². The molecule has 2 N–H and O–H groups in total. The van der Waals surface area contributed by atoms with E-state index in [9.17, 15) is 0 Å². The average molecular weight is 1550 g/mol. The number of H-pyrrole nitrogens is 2. The number of aromatic nitrogens is 4. The third-order valence-electron chi connectivity index (χ3n) is 24.9. The molecule has 0 unspecified atom stereocenters. The van der Waals surface area contributed by atoms with Crippen molar-refractivity contribution in [1.82, 2.24) is 19.9 Å². The Balaban J connectivity index is 0.608. The lowest BCUT2D eigenvalue weighted by Crippen LogP contribution is -2.12. The van der Waals surface area contributed by atoms with Crippen LogP contribution in [0.5, 0.6) is 5.75 Å². The van der Waals surface area contributed by atoms with E-state index in [2.05, 4.69) is 378 Å². The van der Waals surface area contributed by atoms with Crippen molar-refractivity contribution in [2.45, 2.75) is 127 Å². The molecule has 5 heterocycles. The molecule has 14 aromatic carbocycles. The minimum Gasteiger partial charge on any atom is -0.489 e. The van der Waals surface area contributed by atoms with Gasteiger partial charge in [-0.3, -0.25) is 0 Å². The molecule has 0 radical (unpaired) electrons. The number of hydrogen-bond donors (Lipinski definition) is 2. The quantitative estimate of drug-likeness (QED) is 0.0463. The zero-order valence-electron chi connectivity index (χ0n) is 69.3. The molecule has 0 fully saturated rings. The highest BCUT2D eigenvalue weighted by Gasteiger charge is 2.29. The molecule has 8 bridgehead atoms. The van der Waals surface area contributed by atoms with Gasteiger partial charge in [-0.25, -0.2) is 9.97 Å². The third kappa shape index (κ3) is 13.7. The van der Waals surface area contributed by atoms with Crippen LogP contribution in [0.25, 0.3) is 132 Å². The molecule has 19 rings (SSSR count). The van der Waals surface area contributed by atoms with Gasteiger partial charge in [-0.1, -0.05) is 268 Å². The Kier molecular flexibility index (Phi) is 20.7.